The number of aromatic nitrogens is 2. The number of para-hydroxylation sites is 1. The van der Waals surface area contributed by atoms with Crippen LogP contribution < -0.4 is 10.1 Å². The Morgan fingerprint density at radius 2 is 1.74 bits per heavy atom. The lowest BCUT2D eigenvalue weighted by atomic mass is 10.1. The highest BCUT2D eigenvalue weighted by Crippen LogP contribution is 2.19. The van der Waals surface area contributed by atoms with Gasteiger partial charge in [0.05, 0.1) is 24.9 Å². The Kier molecular flexibility index (Phi) is 7.07. The summed E-state index contributed by atoms with van der Waals surface area (Å²) in [7, 11) is 1.60. The van der Waals surface area contributed by atoms with E-state index in [1.807, 2.05) is 73.1 Å². The topological polar surface area (TPSA) is 82.4 Å². The molecule has 1 atom stereocenters. The average molecular weight is 421 g/mol. The average Bonchev–Trinajstić information content (AvgIpc) is 3.06. The summed E-state index contributed by atoms with van der Waals surface area (Å²) in [4.78, 5) is 24.8. The maximum atomic E-state index is 12.5. The molecule has 7 heteroatoms. The van der Waals surface area contributed by atoms with Crippen LogP contribution in [0.4, 0.5) is 0 Å². The van der Waals surface area contributed by atoms with Crippen LogP contribution in [0.5, 0.6) is 5.75 Å². The molecule has 3 aromatic rings. The van der Waals surface area contributed by atoms with Gasteiger partial charge in [0.15, 0.2) is 6.10 Å². The lowest BCUT2D eigenvalue weighted by Gasteiger charge is -2.14. The van der Waals surface area contributed by atoms with Crippen LogP contribution in [-0.2, 0) is 27.3 Å². The zero-order valence-corrected chi connectivity index (χ0v) is 18.2. The largest absolute Gasteiger partial charge is 0.497 e. The fourth-order valence-corrected chi connectivity index (χ4v) is 3.26. The van der Waals surface area contributed by atoms with Crippen molar-refractivity contribution in [3.8, 4) is 11.4 Å². The van der Waals surface area contributed by atoms with Gasteiger partial charge in [-0.25, -0.2) is 4.68 Å². The van der Waals surface area contributed by atoms with E-state index in [0.29, 0.717) is 6.54 Å². The number of carbonyl (C=O) groups is 2. The maximum absolute atomic E-state index is 12.5. The van der Waals surface area contributed by atoms with Crippen molar-refractivity contribution in [2.75, 3.05) is 7.11 Å². The number of nitrogens with one attached hydrogen (secondary N) is 1. The van der Waals surface area contributed by atoms with E-state index in [2.05, 4.69) is 10.4 Å². The Labute approximate surface area is 182 Å². The lowest BCUT2D eigenvalue weighted by Crippen LogP contribution is -2.35. The van der Waals surface area contributed by atoms with Crippen molar-refractivity contribution in [1.29, 1.82) is 0 Å². The number of rotatable bonds is 8. The van der Waals surface area contributed by atoms with Crippen LogP contribution in [0, 0.1) is 13.8 Å². The SMILES string of the molecule is COc1ccc(CNC(=O)[C@@H](C)OC(=O)Cc2c(C)nn(-c3ccccc3)c2C)cc1. The van der Waals surface area contributed by atoms with Crippen LogP contribution >= 0.6 is 0 Å². The molecule has 1 amide bonds. The van der Waals surface area contributed by atoms with E-state index in [9.17, 15) is 9.59 Å². The summed E-state index contributed by atoms with van der Waals surface area (Å²) < 4.78 is 12.3. The van der Waals surface area contributed by atoms with Gasteiger partial charge in [0.1, 0.15) is 5.75 Å². The smallest absolute Gasteiger partial charge is 0.311 e. The van der Waals surface area contributed by atoms with Crippen molar-refractivity contribution < 1.29 is 19.1 Å². The summed E-state index contributed by atoms with van der Waals surface area (Å²) in [6.07, 6.45) is -0.837. The number of esters is 1. The molecule has 0 saturated heterocycles. The Morgan fingerprint density at radius 3 is 2.39 bits per heavy atom. The van der Waals surface area contributed by atoms with Gasteiger partial charge in [-0.15, -0.1) is 0 Å². The number of nitrogens with zero attached hydrogens (tertiary/aromatic N) is 2. The number of amides is 1. The monoisotopic (exact) mass is 421 g/mol. The van der Waals surface area contributed by atoms with Crippen molar-refractivity contribution in [1.82, 2.24) is 15.1 Å². The van der Waals surface area contributed by atoms with Crippen LogP contribution in [0.25, 0.3) is 5.69 Å². The molecule has 2 aromatic carbocycles. The number of ether oxygens (including phenoxy) is 2. The molecule has 0 spiro atoms. The van der Waals surface area contributed by atoms with E-state index in [1.165, 1.54) is 0 Å². The van der Waals surface area contributed by atoms with Crippen molar-refractivity contribution in [2.24, 2.45) is 0 Å². The zero-order valence-electron chi connectivity index (χ0n) is 18.2. The molecule has 1 aromatic heterocycles. The lowest BCUT2D eigenvalue weighted by molar-refractivity contribution is -0.154. The first-order valence-electron chi connectivity index (χ1n) is 10.1. The summed E-state index contributed by atoms with van der Waals surface area (Å²) in [6.45, 7) is 5.68. The molecule has 0 unspecified atom stereocenters. The fourth-order valence-electron chi connectivity index (χ4n) is 3.26. The molecule has 0 fully saturated rings. The number of carbonyl (C=O) groups excluding carboxylic acids is 2. The zero-order chi connectivity index (χ0) is 22.4. The fraction of sp³-hybridized carbons (Fsp3) is 0.292. The van der Waals surface area contributed by atoms with E-state index < -0.39 is 12.1 Å². The molecule has 162 valence electrons. The molecule has 0 radical (unpaired) electrons. The van der Waals surface area contributed by atoms with Crippen LogP contribution in [0.2, 0.25) is 0 Å². The summed E-state index contributed by atoms with van der Waals surface area (Å²) >= 11 is 0. The predicted octanol–water partition coefficient (Wildman–Crippen LogP) is 3.29. The summed E-state index contributed by atoms with van der Waals surface area (Å²) in [5, 5.41) is 7.32. The van der Waals surface area contributed by atoms with Gasteiger partial charge in [0, 0.05) is 17.8 Å². The highest BCUT2D eigenvalue weighted by molar-refractivity contribution is 5.84. The first-order valence-corrected chi connectivity index (χ1v) is 10.1. The number of hydrogen-bond acceptors (Lipinski definition) is 5. The molecule has 0 aliphatic rings. The van der Waals surface area contributed by atoms with Crippen LogP contribution in [-0.4, -0.2) is 34.9 Å². The van der Waals surface area contributed by atoms with Crippen molar-refractivity contribution in [3.05, 3.63) is 77.1 Å². The normalized spacial score (nSPS) is 11.6. The van der Waals surface area contributed by atoms with Gasteiger partial charge in [-0.1, -0.05) is 30.3 Å². The van der Waals surface area contributed by atoms with E-state index >= 15 is 0 Å². The third kappa shape index (κ3) is 5.51. The van der Waals surface area contributed by atoms with Gasteiger partial charge < -0.3 is 14.8 Å². The Balaban J connectivity index is 1.56. The second-order valence-electron chi connectivity index (χ2n) is 7.27. The van der Waals surface area contributed by atoms with Gasteiger partial charge in [-0.3, -0.25) is 9.59 Å². The van der Waals surface area contributed by atoms with Crippen molar-refractivity contribution in [3.63, 3.8) is 0 Å². The Hall–Kier alpha value is -3.61. The van der Waals surface area contributed by atoms with Gasteiger partial charge >= 0.3 is 5.97 Å². The number of hydrogen-bond donors (Lipinski definition) is 1. The molecule has 0 bridgehead atoms. The van der Waals surface area contributed by atoms with E-state index in [0.717, 1.165) is 34.0 Å². The quantitative estimate of drug-likeness (QED) is 0.565. The highest BCUT2D eigenvalue weighted by atomic mass is 16.5. The Morgan fingerprint density at radius 1 is 1.06 bits per heavy atom. The third-order valence-electron chi connectivity index (χ3n) is 5.07. The minimum Gasteiger partial charge on any atom is -0.497 e. The minimum absolute atomic E-state index is 0.0562. The van der Waals surface area contributed by atoms with Gasteiger partial charge in [0.25, 0.3) is 5.91 Å². The summed E-state index contributed by atoms with van der Waals surface area (Å²) in [5.74, 6) is -0.0675. The maximum Gasteiger partial charge on any atom is 0.311 e. The molecule has 3 rings (SSSR count). The summed E-state index contributed by atoms with van der Waals surface area (Å²) in [5.41, 5.74) is 4.29. The molecule has 7 nitrogen and oxygen atoms in total. The molecular weight excluding hydrogens is 394 g/mol. The highest BCUT2D eigenvalue weighted by Gasteiger charge is 2.21. The first kappa shape index (κ1) is 22.1. The molecule has 0 saturated carbocycles. The molecule has 0 aliphatic carbocycles. The van der Waals surface area contributed by atoms with Crippen LogP contribution in [0.3, 0.4) is 0 Å². The molecular formula is C24H27N3O4. The van der Waals surface area contributed by atoms with E-state index in [4.69, 9.17) is 9.47 Å². The number of benzene rings is 2. The standard InChI is InChI=1S/C24H27N3O4/c1-16-22(17(2)27(26-16)20-8-6-5-7-9-20)14-23(28)31-18(3)24(29)25-15-19-10-12-21(30-4)13-11-19/h5-13,18H,14-15H2,1-4H3,(H,25,29)/t18-/m1/s1. The first-order chi connectivity index (χ1) is 14.9. The van der Waals surface area contributed by atoms with Crippen LogP contribution in [0.1, 0.15) is 29.4 Å². The van der Waals surface area contributed by atoms with E-state index in [-0.39, 0.29) is 12.3 Å². The third-order valence-corrected chi connectivity index (χ3v) is 5.07. The minimum atomic E-state index is -0.893. The summed E-state index contributed by atoms with van der Waals surface area (Å²) in [6, 6.07) is 17.1. The van der Waals surface area contributed by atoms with Gasteiger partial charge in [0.2, 0.25) is 0 Å². The van der Waals surface area contributed by atoms with Gasteiger partial charge in [-0.2, -0.15) is 5.10 Å². The van der Waals surface area contributed by atoms with E-state index in [1.54, 1.807) is 14.0 Å². The predicted molar refractivity (Wildman–Crippen MR) is 117 cm³/mol. The Bertz CT molecular complexity index is 1040. The second kappa shape index (κ2) is 9.93. The van der Waals surface area contributed by atoms with Crippen LogP contribution in [0.15, 0.2) is 54.6 Å². The van der Waals surface area contributed by atoms with Crippen molar-refractivity contribution in [2.45, 2.75) is 39.8 Å². The molecule has 0 aliphatic heterocycles. The molecule has 1 heterocycles. The molecule has 31 heavy (non-hydrogen) atoms. The van der Waals surface area contributed by atoms with Gasteiger partial charge in [-0.05, 0) is 50.6 Å². The van der Waals surface area contributed by atoms with Crippen molar-refractivity contribution >= 4 is 11.9 Å². The molecule has 1 N–H and O–H groups in total. The second-order valence-corrected chi connectivity index (χ2v) is 7.27. The number of methoxy groups -OCH3 is 1. The number of aryl methyl sites for hydroxylation is 1.